The van der Waals surface area contributed by atoms with Gasteiger partial charge in [-0.25, -0.2) is 9.48 Å². The van der Waals surface area contributed by atoms with Crippen LogP contribution in [0.2, 0.25) is 0 Å². The molecule has 0 atom stereocenters. The van der Waals surface area contributed by atoms with Gasteiger partial charge >= 0.3 is 5.97 Å². The first-order valence-corrected chi connectivity index (χ1v) is 7.58. The lowest BCUT2D eigenvalue weighted by molar-refractivity contribution is 0.0199. The highest BCUT2D eigenvalue weighted by atomic mass is 16.5. The minimum atomic E-state index is -0.689. The summed E-state index contributed by atoms with van der Waals surface area (Å²) in [5.74, 6) is -1.16. The fourth-order valence-electron chi connectivity index (χ4n) is 2.69. The molecule has 0 radical (unpaired) electrons. The van der Waals surface area contributed by atoms with E-state index in [0.717, 1.165) is 36.8 Å². The van der Waals surface area contributed by atoms with Crippen molar-refractivity contribution in [1.29, 1.82) is 0 Å². The Labute approximate surface area is 128 Å². The largest absolute Gasteiger partial charge is 0.458 e. The molecule has 2 rings (SSSR count). The van der Waals surface area contributed by atoms with Crippen LogP contribution in [0, 0.1) is 0 Å². The second-order valence-electron chi connectivity index (χ2n) is 5.48. The first-order chi connectivity index (χ1) is 10.5. The number of nitrogens with zero attached hydrogens (tertiary/aromatic N) is 2. The van der Waals surface area contributed by atoms with Gasteiger partial charge in [0.25, 0.3) is 5.56 Å². The number of esters is 1. The molecule has 1 aromatic heterocycles. The zero-order chi connectivity index (χ0) is 16.3. The summed E-state index contributed by atoms with van der Waals surface area (Å²) in [7, 11) is 0. The molecular formula is C15H21N3O4. The highest BCUT2D eigenvalue weighted by molar-refractivity contribution is 6.07. The standard InChI is InChI=1S/C15H21N3O4/c1-3-18-14(20)12(16)11(9(2)19)13(17-18)15(21)22-10-7-5-4-6-8-10/h10H,3-8,16H2,1-2H3. The Bertz CT molecular complexity index is 645. The number of nitrogens with two attached hydrogens (primary N) is 1. The molecule has 1 aliphatic rings. The number of hydrogen-bond donors (Lipinski definition) is 1. The summed E-state index contributed by atoms with van der Waals surface area (Å²) in [5, 5.41) is 3.97. The van der Waals surface area contributed by atoms with Crippen molar-refractivity contribution < 1.29 is 14.3 Å². The van der Waals surface area contributed by atoms with Crippen LogP contribution in [-0.2, 0) is 11.3 Å². The maximum Gasteiger partial charge on any atom is 0.359 e. The predicted octanol–water partition coefficient (Wildman–Crippen LogP) is 1.54. The number of anilines is 1. The van der Waals surface area contributed by atoms with E-state index in [1.807, 2.05) is 0 Å². The molecule has 1 aromatic rings. The molecule has 1 saturated carbocycles. The van der Waals surface area contributed by atoms with Crippen molar-refractivity contribution in [3.8, 4) is 0 Å². The number of ketones is 1. The van der Waals surface area contributed by atoms with Crippen molar-refractivity contribution >= 4 is 17.4 Å². The Balaban J connectivity index is 2.39. The maximum absolute atomic E-state index is 12.4. The van der Waals surface area contributed by atoms with Crippen molar-refractivity contribution in [2.45, 2.75) is 58.6 Å². The molecule has 7 heteroatoms. The number of aryl methyl sites for hydroxylation is 1. The lowest BCUT2D eigenvalue weighted by Crippen LogP contribution is -2.32. The number of carbonyl (C=O) groups excluding carboxylic acids is 2. The summed E-state index contributed by atoms with van der Waals surface area (Å²) in [6, 6.07) is 0. The van der Waals surface area contributed by atoms with E-state index in [0.29, 0.717) is 0 Å². The first-order valence-electron chi connectivity index (χ1n) is 7.58. The van der Waals surface area contributed by atoms with Gasteiger partial charge in [0.1, 0.15) is 11.8 Å². The molecule has 0 aromatic carbocycles. The highest BCUT2D eigenvalue weighted by Crippen LogP contribution is 2.22. The molecule has 1 aliphatic carbocycles. The summed E-state index contributed by atoms with van der Waals surface area (Å²) < 4.78 is 6.51. The van der Waals surface area contributed by atoms with Gasteiger partial charge in [0.15, 0.2) is 11.5 Å². The molecule has 2 N–H and O–H groups in total. The first kappa shape index (κ1) is 16.2. The highest BCUT2D eigenvalue weighted by Gasteiger charge is 2.27. The third kappa shape index (κ3) is 3.18. The van der Waals surface area contributed by atoms with Gasteiger partial charge in [-0.2, -0.15) is 5.10 Å². The number of aromatic nitrogens is 2. The fraction of sp³-hybridized carbons (Fsp3) is 0.600. The maximum atomic E-state index is 12.4. The van der Waals surface area contributed by atoms with Gasteiger partial charge in [-0.15, -0.1) is 0 Å². The van der Waals surface area contributed by atoms with Gasteiger partial charge in [-0.1, -0.05) is 6.42 Å². The molecule has 22 heavy (non-hydrogen) atoms. The zero-order valence-corrected chi connectivity index (χ0v) is 12.9. The third-order valence-electron chi connectivity index (χ3n) is 3.86. The molecular weight excluding hydrogens is 286 g/mol. The van der Waals surface area contributed by atoms with E-state index in [9.17, 15) is 14.4 Å². The van der Waals surface area contributed by atoms with Crippen LogP contribution in [0.4, 0.5) is 5.69 Å². The van der Waals surface area contributed by atoms with Crippen LogP contribution in [0.5, 0.6) is 0 Å². The fourth-order valence-corrected chi connectivity index (χ4v) is 2.69. The normalized spacial score (nSPS) is 15.5. The van der Waals surface area contributed by atoms with Gasteiger partial charge < -0.3 is 10.5 Å². The molecule has 0 aliphatic heterocycles. The Morgan fingerprint density at radius 1 is 1.32 bits per heavy atom. The number of nitrogen functional groups attached to an aromatic ring is 1. The number of Topliss-reactive ketones (excluding diaryl/α,β-unsaturated/α-hetero) is 1. The van der Waals surface area contributed by atoms with Gasteiger partial charge in [0.05, 0.1) is 5.56 Å². The summed E-state index contributed by atoms with van der Waals surface area (Å²) in [5.41, 5.74) is 4.60. The molecule has 0 amide bonds. The van der Waals surface area contributed by atoms with Crippen LogP contribution in [0.1, 0.15) is 66.8 Å². The molecule has 1 fully saturated rings. The van der Waals surface area contributed by atoms with Crippen LogP contribution in [-0.4, -0.2) is 27.6 Å². The average Bonchev–Trinajstić information content (AvgIpc) is 2.50. The van der Waals surface area contributed by atoms with Gasteiger partial charge in [0, 0.05) is 6.54 Å². The lowest BCUT2D eigenvalue weighted by Gasteiger charge is -2.22. The van der Waals surface area contributed by atoms with Crippen LogP contribution >= 0.6 is 0 Å². The third-order valence-corrected chi connectivity index (χ3v) is 3.86. The Hall–Kier alpha value is -2.18. The summed E-state index contributed by atoms with van der Waals surface area (Å²) in [6.45, 7) is 3.21. The van der Waals surface area contributed by atoms with Crippen molar-refractivity contribution in [1.82, 2.24) is 9.78 Å². The summed E-state index contributed by atoms with van der Waals surface area (Å²) in [4.78, 5) is 36.1. The van der Waals surface area contributed by atoms with E-state index in [1.165, 1.54) is 6.92 Å². The average molecular weight is 307 g/mol. The van der Waals surface area contributed by atoms with Crippen LogP contribution in [0.25, 0.3) is 0 Å². The van der Waals surface area contributed by atoms with E-state index < -0.39 is 17.3 Å². The van der Waals surface area contributed by atoms with Crippen LogP contribution in [0.15, 0.2) is 4.79 Å². The van der Waals surface area contributed by atoms with Crippen LogP contribution in [0.3, 0.4) is 0 Å². The monoisotopic (exact) mass is 307 g/mol. The molecule has 0 spiro atoms. The molecule has 0 bridgehead atoms. The van der Waals surface area contributed by atoms with E-state index in [1.54, 1.807) is 6.92 Å². The minimum Gasteiger partial charge on any atom is -0.458 e. The quantitative estimate of drug-likeness (QED) is 0.668. The number of ether oxygens (including phenoxy) is 1. The van der Waals surface area contributed by atoms with Gasteiger partial charge in [-0.3, -0.25) is 9.59 Å². The van der Waals surface area contributed by atoms with Crippen molar-refractivity contribution in [2.75, 3.05) is 5.73 Å². The Kier molecular flexibility index (Phi) is 4.95. The number of rotatable bonds is 4. The van der Waals surface area contributed by atoms with Crippen molar-refractivity contribution in [2.24, 2.45) is 0 Å². The van der Waals surface area contributed by atoms with Crippen LogP contribution < -0.4 is 11.3 Å². The molecule has 0 unspecified atom stereocenters. The molecule has 120 valence electrons. The van der Waals surface area contributed by atoms with E-state index in [2.05, 4.69) is 5.10 Å². The second-order valence-corrected chi connectivity index (χ2v) is 5.48. The number of carbonyl (C=O) groups is 2. The van der Waals surface area contributed by atoms with Gasteiger partial charge in [-0.05, 0) is 39.5 Å². The number of hydrogen-bond acceptors (Lipinski definition) is 6. The molecule has 7 nitrogen and oxygen atoms in total. The van der Waals surface area contributed by atoms with Gasteiger partial charge in [0.2, 0.25) is 0 Å². The smallest absolute Gasteiger partial charge is 0.359 e. The summed E-state index contributed by atoms with van der Waals surface area (Å²) >= 11 is 0. The summed E-state index contributed by atoms with van der Waals surface area (Å²) in [6.07, 6.45) is 4.63. The Morgan fingerprint density at radius 3 is 2.50 bits per heavy atom. The lowest BCUT2D eigenvalue weighted by atomic mass is 9.98. The van der Waals surface area contributed by atoms with E-state index in [4.69, 9.17) is 10.5 Å². The molecule has 0 saturated heterocycles. The molecule has 1 heterocycles. The Morgan fingerprint density at radius 2 is 1.95 bits per heavy atom. The van der Waals surface area contributed by atoms with Crippen molar-refractivity contribution in [3.63, 3.8) is 0 Å². The van der Waals surface area contributed by atoms with E-state index in [-0.39, 0.29) is 29.6 Å². The minimum absolute atomic E-state index is 0.143. The SMILES string of the molecule is CCn1nc(C(=O)OC2CCCCC2)c(C(C)=O)c(N)c1=O. The van der Waals surface area contributed by atoms with E-state index >= 15 is 0 Å². The second kappa shape index (κ2) is 6.72. The van der Waals surface area contributed by atoms with Crippen molar-refractivity contribution in [3.05, 3.63) is 21.6 Å². The zero-order valence-electron chi connectivity index (χ0n) is 12.9. The predicted molar refractivity (Wildman–Crippen MR) is 80.9 cm³/mol. The topological polar surface area (TPSA) is 104 Å².